The Balaban J connectivity index is 0.000000115. The first-order chi connectivity index (χ1) is 56.2. The molecule has 0 aliphatic carbocycles. The van der Waals surface area contributed by atoms with Gasteiger partial charge < -0.3 is 0 Å². The first-order valence-electron chi connectivity index (χ1n) is 37.1. The van der Waals surface area contributed by atoms with Crippen molar-refractivity contribution in [1.29, 1.82) is 0 Å². The van der Waals surface area contributed by atoms with Gasteiger partial charge >= 0.3 is 0 Å². The Morgan fingerprint density at radius 2 is 0.456 bits per heavy atom. The molecule has 0 saturated heterocycles. The summed E-state index contributed by atoms with van der Waals surface area (Å²) in [5.41, 5.74) is 21.7. The van der Waals surface area contributed by atoms with Crippen LogP contribution in [0.1, 0.15) is 0 Å². The molecule has 0 radical (unpaired) electrons. The zero-order valence-corrected chi connectivity index (χ0v) is 65.5. The van der Waals surface area contributed by atoms with Crippen LogP contribution in [0.2, 0.25) is 0 Å². The SMILES string of the molecule is Brc1ccc2c(c1)c1cccnc1n2-c1ccc(-c2cc(-c3ccccc3)nc(-c3ccccc3)n2)cc1.Brc1ccc2c(c1)c1cccnc1n2-c1ccc(-c2nc(-c3ccccc3)cc(-c3ccccc3)n2)cc1.Brc1ccc2c(c1)c1cccnc1n2-c1cccc(-c2nc(-c3ccccc3)nc(-c3ccccc3)n2)c1. The second kappa shape index (κ2) is 31.1. The molecule has 9 heterocycles. The molecule has 0 spiro atoms. The molecule has 0 aliphatic rings. The molecule has 0 atom stereocenters. The lowest BCUT2D eigenvalue weighted by atomic mass is 10.1. The van der Waals surface area contributed by atoms with E-state index in [1.54, 1.807) is 0 Å². The van der Waals surface area contributed by atoms with Crippen molar-refractivity contribution in [3.05, 3.63) is 390 Å². The van der Waals surface area contributed by atoms with Crippen molar-refractivity contribution in [2.45, 2.75) is 0 Å². The van der Waals surface area contributed by atoms with Crippen LogP contribution in [0.15, 0.2) is 390 Å². The molecule has 16 heteroatoms. The van der Waals surface area contributed by atoms with Gasteiger partial charge in [0.05, 0.1) is 39.3 Å². The molecule has 0 saturated carbocycles. The highest BCUT2D eigenvalue weighted by atomic mass is 79.9. The molecule has 21 aromatic rings. The minimum Gasteiger partial charge on any atom is -0.294 e. The molecular weight excluding hydrogens is 1600 g/mol. The zero-order valence-electron chi connectivity index (χ0n) is 60.7. The Bertz CT molecular complexity index is 6650. The summed E-state index contributed by atoms with van der Waals surface area (Å²) in [6.07, 6.45) is 5.52. The average Bonchev–Trinajstić information content (AvgIpc) is 1.61. The maximum atomic E-state index is 4.97. The van der Waals surface area contributed by atoms with E-state index >= 15 is 0 Å². The van der Waals surface area contributed by atoms with E-state index < -0.39 is 0 Å². The van der Waals surface area contributed by atoms with Gasteiger partial charge in [0.15, 0.2) is 29.1 Å². The van der Waals surface area contributed by atoms with Crippen LogP contribution in [0.5, 0.6) is 0 Å². The van der Waals surface area contributed by atoms with E-state index in [0.717, 1.165) is 164 Å². The van der Waals surface area contributed by atoms with Gasteiger partial charge in [-0.3, -0.25) is 13.7 Å². The summed E-state index contributed by atoms with van der Waals surface area (Å²) in [4.78, 5) is 48.6. The number of halogens is 3. The molecule has 9 aromatic heterocycles. The Morgan fingerprint density at radius 1 is 0.184 bits per heavy atom. The summed E-state index contributed by atoms with van der Waals surface area (Å²) in [7, 11) is 0. The van der Waals surface area contributed by atoms with Crippen LogP contribution in [-0.4, -0.2) is 63.5 Å². The second-order valence-corrected chi connectivity index (χ2v) is 29.9. The number of hydrogen-bond acceptors (Lipinski definition) is 10. The highest BCUT2D eigenvalue weighted by Crippen LogP contribution is 2.39. The van der Waals surface area contributed by atoms with Crippen LogP contribution in [0.3, 0.4) is 0 Å². The minimum absolute atomic E-state index is 0.621. The maximum Gasteiger partial charge on any atom is 0.164 e. The monoisotopic (exact) mass is 1660 g/mol. The third kappa shape index (κ3) is 14.1. The van der Waals surface area contributed by atoms with Crippen LogP contribution in [-0.2, 0) is 0 Å². The molecule has 540 valence electrons. The third-order valence-electron chi connectivity index (χ3n) is 20.0. The van der Waals surface area contributed by atoms with E-state index in [2.05, 4.69) is 243 Å². The van der Waals surface area contributed by atoms with Gasteiger partial charge in [0.25, 0.3) is 0 Å². The molecule has 0 unspecified atom stereocenters. The number of aromatic nitrogens is 13. The standard InChI is InChI=1S/2C33H21BrN4.C32H20BrN5/c34-25-15-18-31-28(20-25)27-12-7-19-35-33(27)38(31)26-16-13-23(14-17-26)30-21-29(22-8-3-1-4-9-22)36-32(37-30)24-10-5-2-6-11-24;34-25-15-18-31-28(20-25)27-12-7-19-35-33(27)38(31)26-16-13-24(14-17-26)32-36-29(22-8-3-1-4-9-22)21-30(37-32)23-10-5-2-6-11-23;33-24-16-17-28-27(20-24)26-15-8-18-34-32(26)38(28)25-14-7-13-23(19-25)31-36-29(21-9-3-1-4-10-21)35-30(37-31)22-11-5-2-6-12-22/h2*1-21H;1-20H. The van der Waals surface area contributed by atoms with Crippen molar-refractivity contribution in [1.82, 2.24) is 63.5 Å². The molecular formula is C98H62Br3N13. The fourth-order valence-corrected chi connectivity index (χ4v) is 15.7. The smallest absolute Gasteiger partial charge is 0.164 e. The average molecular weight is 1660 g/mol. The number of hydrogen-bond donors (Lipinski definition) is 0. The van der Waals surface area contributed by atoms with Crippen molar-refractivity contribution in [3.63, 3.8) is 0 Å². The Hall–Kier alpha value is -13.9. The van der Waals surface area contributed by atoms with E-state index in [1.165, 1.54) is 5.39 Å². The number of benzene rings is 12. The number of fused-ring (bicyclic) bond motifs is 9. The van der Waals surface area contributed by atoms with Gasteiger partial charge in [-0.25, -0.2) is 49.8 Å². The molecule has 12 aromatic carbocycles. The highest BCUT2D eigenvalue weighted by Gasteiger charge is 2.21. The predicted octanol–water partition coefficient (Wildman–Crippen LogP) is 25.6. The lowest BCUT2D eigenvalue weighted by Crippen LogP contribution is -2.01. The predicted molar refractivity (Wildman–Crippen MR) is 472 cm³/mol. The van der Waals surface area contributed by atoms with Crippen LogP contribution >= 0.6 is 47.8 Å². The number of pyridine rings is 3. The Morgan fingerprint density at radius 3 is 0.798 bits per heavy atom. The lowest BCUT2D eigenvalue weighted by Gasteiger charge is -2.11. The van der Waals surface area contributed by atoms with E-state index in [1.807, 2.05) is 195 Å². The second-order valence-electron chi connectivity index (χ2n) is 27.2. The summed E-state index contributed by atoms with van der Waals surface area (Å²) < 4.78 is 9.75. The first kappa shape index (κ1) is 70.5. The van der Waals surface area contributed by atoms with Crippen LogP contribution < -0.4 is 0 Å². The van der Waals surface area contributed by atoms with Gasteiger partial charge in [-0.1, -0.05) is 254 Å². The molecule has 21 rings (SSSR count). The summed E-state index contributed by atoms with van der Waals surface area (Å²) in [5.74, 6) is 3.31. The van der Waals surface area contributed by atoms with Crippen molar-refractivity contribution < 1.29 is 0 Å². The molecule has 114 heavy (non-hydrogen) atoms. The Kier molecular flexibility index (Phi) is 19.2. The summed E-state index contributed by atoms with van der Waals surface area (Å²) in [5, 5.41) is 6.83. The summed E-state index contributed by atoms with van der Waals surface area (Å²) >= 11 is 10.9. The molecule has 13 nitrogen and oxygen atoms in total. The van der Waals surface area contributed by atoms with Crippen molar-refractivity contribution in [2.75, 3.05) is 0 Å². The van der Waals surface area contributed by atoms with Gasteiger partial charge in [0.1, 0.15) is 16.9 Å². The molecule has 0 fully saturated rings. The van der Waals surface area contributed by atoms with E-state index in [9.17, 15) is 0 Å². The normalized spacial score (nSPS) is 11.3. The zero-order chi connectivity index (χ0) is 76.4. The van der Waals surface area contributed by atoms with Gasteiger partial charge in [0, 0.05) is 131 Å². The van der Waals surface area contributed by atoms with Gasteiger partial charge in [0.2, 0.25) is 0 Å². The van der Waals surface area contributed by atoms with Crippen LogP contribution in [0, 0.1) is 0 Å². The number of rotatable bonds is 12. The fraction of sp³-hybridized carbons (Fsp3) is 0. The van der Waals surface area contributed by atoms with Gasteiger partial charge in [-0.05, 0) is 152 Å². The van der Waals surface area contributed by atoms with Crippen molar-refractivity contribution in [2.24, 2.45) is 0 Å². The van der Waals surface area contributed by atoms with Crippen LogP contribution in [0.25, 0.3) is 185 Å². The lowest BCUT2D eigenvalue weighted by molar-refractivity contribution is 1.07. The summed E-state index contributed by atoms with van der Waals surface area (Å²) in [6, 6.07) is 122. The quantitative estimate of drug-likeness (QED) is 0.116. The minimum atomic E-state index is 0.621. The molecule has 0 N–H and O–H groups in total. The Labute approximate surface area is 680 Å². The third-order valence-corrected chi connectivity index (χ3v) is 21.5. The van der Waals surface area contributed by atoms with E-state index in [0.29, 0.717) is 29.1 Å². The van der Waals surface area contributed by atoms with Crippen LogP contribution in [0.4, 0.5) is 0 Å². The first-order valence-corrected chi connectivity index (χ1v) is 39.4. The van der Waals surface area contributed by atoms with Gasteiger partial charge in [-0.2, -0.15) is 0 Å². The molecule has 0 aliphatic heterocycles. The highest BCUT2D eigenvalue weighted by molar-refractivity contribution is 9.11. The van der Waals surface area contributed by atoms with Gasteiger partial charge in [-0.15, -0.1) is 0 Å². The van der Waals surface area contributed by atoms with Crippen molar-refractivity contribution >= 4 is 114 Å². The van der Waals surface area contributed by atoms with Crippen molar-refractivity contribution in [3.8, 4) is 119 Å². The molecule has 0 amide bonds. The summed E-state index contributed by atoms with van der Waals surface area (Å²) in [6.45, 7) is 0. The molecule has 0 bridgehead atoms. The topological polar surface area (TPSA) is 144 Å². The largest absolute Gasteiger partial charge is 0.294 e. The number of nitrogens with zero attached hydrogens (tertiary/aromatic N) is 13. The maximum absolute atomic E-state index is 4.97. The fourth-order valence-electron chi connectivity index (χ4n) is 14.7. The van der Waals surface area contributed by atoms with E-state index in [4.69, 9.17) is 49.8 Å². The van der Waals surface area contributed by atoms with E-state index in [-0.39, 0.29) is 0 Å².